The minimum Gasteiger partial charge on any atom is -0.477 e. The van der Waals surface area contributed by atoms with E-state index in [0.717, 1.165) is 6.07 Å². The van der Waals surface area contributed by atoms with Gasteiger partial charge < -0.3 is 14.4 Å². The van der Waals surface area contributed by atoms with E-state index < -0.39 is 21.6 Å². The molecule has 0 aromatic carbocycles. The third-order valence-electron chi connectivity index (χ3n) is 2.75. The molecule has 0 unspecified atom stereocenters. The number of aromatic nitrogens is 1. The van der Waals surface area contributed by atoms with E-state index in [0.29, 0.717) is 0 Å². The van der Waals surface area contributed by atoms with E-state index in [2.05, 4.69) is 4.72 Å². The van der Waals surface area contributed by atoms with Crippen LogP contribution in [0.3, 0.4) is 0 Å². The fourth-order valence-corrected chi connectivity index (χ4v) is 2.59. The Kier molecular flexibility index (Phi) is 4.39. The van der Waals surface area contributed by atoms with Gasteiger partial charge >= 0.3 is 5.97 Å². The summed E-state index contributed by atoms with van der Waals surface area (Å²) in [6, 6.07) is 1.12. The molecule has 0 fully saturated rings. The number of ether oxygens (including phenoxy) is 1. The molecule has 19 heavy (non-hydrogen) atoms. The molecule has 1 aromatic rings. The summed E-state index contributed by atoms with van der Waals surface area (Å²) in [5.41, 5.74) is -0.733. The lowest BCUT2D eigenvalue weighted by Gasteiger charge is -2.22. The SMILES string of the molecule is COC(C)(C)CNS(=O)(=O)c1cc(C(=O)O)n(C)c1. The van der Waals surface area contributed by atoms with Gasteiger partial charge in [-0.2, -0.15) is 0 Å². The first-order chi connectivity index (χ1) is 8.59. The number of sulfonamides is 1. The van der Waals surface area contributed by atoms with Gasteiger partial charge in [0, 0.05) is 26.9 Å². The van der Waals surface area contributed by atoms with Gasteiger partial charge in [-0.05, 0) is 19.9 Å². The minimum atomic E-state index is -3.75. The minimum absolute atomic E-state index is 0.0840. The fraction of sp³-hybridized carbons (Fsp3) is 0.545. The number of hydrogen-bond acceptors (Lipinski definition) is 4. The standard InChI is InChI=1S/C11H18N2O5S/c1-11(2,18-4)7-12-19(16,17)8-5-9(10(14)15)13(3)6-8/h5-6,12H,7H2,1-4H3,(H,14,15). The third kappa shape index (κ3) is 3.79. The van der Waals surface area contributed by atoms with Crippen molar-refractivity contribution < 1.29 is 23.1 Å². The van der Waals surface area contributed by atoms with Crippen LogP contribution in [0.1, 0.15) is 24.3 Å². The Morgan fingerprint density at radius 1 is 1.53 bits per heavy atom. The number of carboxylic acids is 1. The first-order valence-electron chi connectivity index (χ1n) is 5.53. The summed E-state index contributed by atoms with van der Waals surface area (Å²) in [6.45, 7) is 3.56. The Morgan fingerprint density at radius 3 is 2.53 bits per heavy atom. The molecule has 1 rings (SSSR count). The summed E-state index contributed by atoms with van der Waals surface area (Å²) < 4.78 is 32.8. The number of nitrogens with one attached hydrogen (secondary N) is 1. The predicted molar refractivity (Wildman–Crippen MR) is 68.6 cm³/mol. The highest BCUT2D eigenvalue weighted by atomic mass is 32.2. The molecule has 0 radical (unpaired) electrons. The second kappa shape index (κ2) is 5.32. The number of methoxy groups -OCH3 is 1. The monoisotopic (exact) mass is 290 g/mol. The zero-order valence-corrected chi connectivity index (χ0v) is 12.1. The van der Waals surface area contributed by atoms with Crippen LogP contribution in [0, 0.1) is 0 Å². The molecule has 7 nitrogen and oxygen atoms in total. The van der Waals surface area contributed by atoms with Crippen molar-refractivity contribution in [2.75, 3.05) is 13.7 Å². The lowest BCUT2D eigenvalue weighted by atomic mass is 10.1. The molecule has 0 saturated heterocycles. The van der Waals surface area contributed by atoms with Crippen LogP contribution in [-0.4, -0.2) is 43.3 Å². The Balaban J connectivity index is 2.96. The highest BCUT2D eigenvalue weighted by molar-refractivity contribution is 7.89. The van der Waals surface area contributed by atoms with Crippen LogP contribution in [-0.2, 0) is 21.8 Å². The van der Waals surface area contributed by atoms with Crippen molar-refractivity contribution in [3.05, 3.63) is 18.0 Å². The molecule has 2 N–H and O–H groups in total. The number of aryl methyl sites for hydroxylation is 1. The van der Waals surface area contributed by atoms with Crippen molar-refractivity contribution in [1.29, 1.82) is 0 Å². The predicted octanol–water partition coefficient (Wildman–Crippen LogP) is 0.427. The Morgan fingerprint density at radius 2 is 2.11 bits per heavy atom. The highest BCUT2D eigenvalue weighted by Gasteiger charge is 2.24. The smallest absolute Gasteiger partial charge is 0.352 e. The van der Waals surface area contributed by atoms with Crippen LogP contribution >= 0.6 is 0 Å². The second-order valence-corrected chi connectivity index (χ2v) is 6.53. The highest BCUT2D eigenvalue weighted by Crippen LogP contribution is 2.14. The van der Waals surface area contributed by atoms with Gasteiger partial charge in [0.15, 0.2) is 0 Å². The summed E-state index contributed by atoms with van der Waals surface area (Å²) in [7, 11) is -0.794. The van der Waals surface area contributed by atoms with Gasteiger partial charge in [0.25, 0.3) is 0 Å². The van der Waals surface area contributed by atoms with E-state index in [1.54, 1.807) is 13.8 Å². The molecule has 1 aromatic heterocycles. The van der Waals surface area contributed by atoms with Crippen LogP contribution < -0.4 is 4.72 Å². The van der Waals surface area contributed by atoms with E-state index in [1.165, 1.54) is 24.9 Å². The van der Waals surface area contributed by atoms with E-state index in [4.69, 9.17) is 9.84 Å². The van der Waals surface area contributed by atoms with Gasteiger partial charge in [0.2, 0.25) is 10.0 Å². The van der Waals surface area contributed by atoms with Gasteiger partial charge in [-0.3, -0.25) is 0 Å². The zero-order chi connectivity index (χ0) is 14.8. The van der Waals surface area contributed by atoms with Gasteiger partial charge in [-0.25, -0.2) is 17.9 Å². The molecule has 0 aliphatic rings. The molecule has 0 atom stereocenters. The van der Waals surface area contributed by atoms with Crippen molar-refractivity contribution in [3.8, 4) is 0 Å². The van der Waals surface area contributed by atoms with Crippen molar-refractivity contribution in [2.24, 2.45) is 7.05 Å². The van der Waals surface area contributed by atoms with Crippen LogP contribution in [0.5, 0.6) is 0 Å². The Labute approximate surface area is 112 Å². The number of carboxylic acid groups (broad SMARTS) is 1. The molecule has 0 amide bonds. The largest absolute Gasteiger partial charge is 0.477 e. The lowest BCUT2D eigenvalue weighted by molar-refractivity contribution is 0.0276. The average Bonchev–Trinajstić information content (AvgIpc) is 2.70. The van der Waals surface area contributed by atoms with E-state index in [-0.39, 0.29) is 17.1 Å². The number of carbonyl (C=O) groups is 1. The van der Waals surface area contributed by atoms with E-state index in [9.17, 15) is 13.2 Å². The maximum Gasteiger partial charge on any atom is 0.352 e. The molecular weight excluding hydrogens is 272 g/mol. The van der Waals surface area contributed by atoms with Gasteiger partial charge in [-0.1, -0.05) is 0 Å². The average molecular weight is 290 g/mol. The van der Waals surface area contributed by atoms with Crippen LogP contribution in [0.15, 0.2) is 17.2 Å². The number of rotatable bonds is 6. The number of nitrogens with zero attached hydrogens (tertiary/aromatic N) is 1. The topological polar surface area (TPSA) is 97.6 Å². The van der Waals surface area contributed by atoms with Crippen molar-refractivity contribution in [2.45, 2.75) is 24.3 Å². The van der Waals surface area contributed by atoms with Crippen molar-refractivity contribution in [1.82, 2.24) is 9.29 Å². The molecule has 0 aliphatic heterocycles. The molecule has 108 valence electrons. The summed E-state index contributed by atoms with van der Waals surface area (Å²) in [6.07, 6.45) is 1.26. The summed E-state index contributed by atoms with van der Waals surface area (Å²) in [5, 5.41) is 8.89. The first-order valence-corrected chi connectivity index (χ1v) is 7.02. The molecule has 0 aliphatic carbocycles. The first kappa shape index (κ1) is 15.7. The molecular formula is C11H18N2O5S. The Bertz CT molecular complexity index is 574. The quantitative estimate of drug-likeness (QED) is 0.791. The molecule has 0 saturated carbocycles. The van der Waals surface area contributed by atoms with Crippen LogP contribution in [0.2, 0.25) is 0 Å². The normalized spacial score (nSPS) is 12.6. The fourth-order valence-electron chi connectivity index (χ4n) is 1.32. The molecule has 1 heterocycles. The second-order valence-electron chi connectivity index (χ2n) is 4.77. The zero-order valence-electron chi connectivity index (χ0n) is 11.3. The van der Waals surface area contributed by atoms with Crippen LogP contribution in [0.25, 0.3) is 0 Å². The van der Waals surface area contributed by atoms with Gasteiger partial charge in [0.05, 0.1) is 5.60 Å². The third-order valence-corrected chi connectivity index (χ3v) is 4.12. The number of hydrogen-bond donors (Lipinski definition) is 2. The molecule has 8 heteroatoms. The summed E-state index contributed by atoms with van der Waals surface area (Å²) in [4.78, 5) is 10.8. The van der Waals surface area contributed by atoms with Gasteiger partial charge in [0.1, 0.15) is 10.6 Å². The van der Waals surface area contributed by atoms with Crippen molar-refractivity contribution in [3.63, 3.8) is 0 Å². The summed E-state index contributed by atoms with van der Waals surface area (Å²) in [5.74, 6) is -1.18. The number of aromatic carboxylic acids is 1. The van der Waals surface area contributed by atoms with E-state index in [1.807, 2.05) is 0 Å². The van der Waals surface area contributed by atoms with Crippen molar-refractivity contribution >= 4 is 16.0 Å². The van der Waals surface area contributed by atoms with Crippen LogP contribution in [0.4, 0.5) is 0 Å². The van der Waals surface area contributed by atoms with E-state index >= 15 is 0 Å². The maximum absolute atomic E-state index is 12.0. The molecule has 0 bridgehead atoms. The summed E-state index contributed by atoms with van der Waals surface area (Å²) >= 11 is 0. The lowest BCUT2D eigenvalue weighted by Crippen LogP contribution is -2.39. The Hall–Kier alpha value is -1.38. The van der Waals surface area contributed by atoms with Gasteiger partial charge in [-0.15, -0.1) is 0 Å². The maximum atomic E-state index is 12.0. The molecule has 0 spiro atoms.